The average molecular weight is 314 g/mol. The molecular formula is C15H10N2O4S. The molecule has 0 aromatic heterocycles. The number of thioether (sulfide) groups is 1. The summed E-state index contributed by atoms with van der Waals surface area (Å²) in [6, 6.07) is 10.9. The summed E-state index contributed by atoms with van der Waals surface area (Å²) in [5.74, 6) is -0.329. The number of rotatable bonds is 3. The molecule has 0 saturated heterocycles. The van der Waals surface area contributed by atoms with Gasteiger partial charge in [-0.05, 0) is 12.1 Å². The van der Waals surface area contributed by atoms with Crippen LogP contribution in [-0.4, -0.2) is 27.3 Å². The minimum Gasteiger partial charge on any atom is -0.505 e. The first-order valence-electron chi connectivity index (χ1n) is 6.38. The molecular weight excluding hydrogens is 304 g/mol. The maximum absolute atomic E-state index is 12.2. The maximum atomic E-state index is 12.2. The summed E-state index contributed by atoms with van der Waals surface area (Å²) in [6.45, 7) is 0. The zero-order valence-corrected chi connectivity index (χ0v) is 12.0. The second kappa shape index (κ2) is 5.61. The van der Waals surface area contributed by atoms with Crippen molar-refractivity contribution < 1.29 is 14.8 Å². The first-order chi connectivity index (χ1) is 10.6. The highest BCUT2D eigenvalue weighted by molar-refractivity contribution is 8.02. The molecule has 1 atom stereocenters. The zero-order valence-electron chi connectivity index (χ0n) is 11.2. The van der Waals surface area contributed by atoms with Crippen LogP contribution in [-0.2, 0) is 0 Å². The number of fused-ring (bicyclic) bond motifs is 1. The summed E-state index contributed by atoms with van der Waals surface area (Å²) >= 11 is 1.39. The van der Waals surface area contributed by atoms with Crippen LogP contribution in [0.15, 0.2) is 52.4 Å². The number of non-ortho nitro benzene ring substituents is 1. The van der Waals surface area contributed by atoms with Crippen molar-refractivity contribution in [3.05, 3.63) is 58.1 Å². The number of phenolic OH excluding ortho intramolecular Hbond substituents is 1. The summed E-state index contributed by atoms with van der Waals surface area (Å²) in [6.07, 6.45) is 1.45. The fraction of sp³-hybridized carbons (Fsp3) is 0.0667. The summed E-state index contributed by atoms with van der Waals surface area (Å²) in [4.78, 5) is 27.2. The lowest BCUT2D eigenvalue weighted by atomic mass is 10.1. The van der Waals surface area contributed by atoms with Crippen LogP contribution in [0.3, 0.4) is 0 Å². The lowest BCUT2D eigenvalue weighted by Crippen LogP contribution is -2.12. The topological polar surface area (TPSA) is 92.8 Å². The number of hydrogen-bond acceptors (Lipinski definition) is 6. The quantitative estimate of drug-likeness (QED) is 0.532. The van der Waals surface area contributed by atoms with Crippen LogP contribution in [0.4, 0.5) is 11.4 Å². The standard InChI is InChI=1S/C15H10N2O4S/c18-12-7-9(17(20)21)5-6-11(12)16-8-14-15(19)10-3-1-2-4-13(10)22-14/h1-8,14,18H. The molecule has 1 aliphatic heterocycles. The highest BCUT2D eigenvalue weighted by Crippen LogP contribution is 2.37. The number of aliphatic imine (C=N–C) groups is 1. The minimum absolute atomic E-state index is 0.0363. The van der Waals surface area contributed by atoms with Gasteiger partial charge in [0.25, 0.3) is 5.69 Å². The highest BCUT2D eigenvalue weighted by Gasteiger charge is 2.29. The Morgan fingerprint density at radius 2 is 2.05 bits per heavy atom. The van der Waals surface area contributed by atoms with Gasteiger partial charge in [0.05, 0.1) is 11.0 Å². The molecule has 2 aromatic rings. The van der Waals surface area contributed by atoms with Crippen molar-refractivity contribution in [2.45, 2.75) is 10.1 Å². The number of carbonyl (C=O) groups is 1. The third kappa shape index (κ3) is 2.58. The van der Waals surface area contributed by atoms with Crippen LogP contribution in [0.2, 0.25) is 0 Å². The second-order valence-corrected chi connectivity index (χ2v) is 5.79. The Morgan fingerprint density at radius 1 is 1.27 bits per heavy atom. The Hall–Kier alpha value is -2.67. The molecule has 7 heteroatoms. The molecule has 1 heterocycles. The Morgan fingerprint density at radius 3 is 2.73 bits per heavy atom. The summed E-state index contributed by atoms with van der Waals surface area (Å²) in [5.41, 5.74) is 0.641. The number of nitrogens with zero attached hydrogens (tertiary/aromatic N) is 2. The largest absolute Gasteiger partial charge is 0.505 e. The van der Waals surface area contributed by atoms with Gasteiger partial charge in [0.15, 0.2) is 5.78 Å². The molecule has 1 unspecified atom stereocenters. The van der Waals surface area contributed by atoms with E-state index in [-0.39, 0.29) is 22.9 Å². The van der Waals surface area contributed by atoms with E-state index in [0.29, 0.717) is 5.56 Å². The molecule has 0 saturated carbocycles. The van der Waals surface area contributed by atoms with Crippen molar-refractivity contribution in [2.75, 3.05) is 0 Å². The molecule has 0 fully saturated rings. The number of benzene rings is 2. The van der Waals surface area contributed by atoms with Crippen LogP contribution < -0.4 is 0 Å². The number of aromatic hydroxyl groups is 1. The van der Waals surface area contributed by atoms with Gasteiger partial charge in [-0.2, -0.15) is 0 Å². The summed E-state index contributed by atoms with van der Waals surface area (Å²) in [7, 11) is 0. The number of nitro groups is 1. The van der Waals surface area contributed by atoms with E-state index in [2.05, 4.69) is 4.99 Å². The highest BCUT2D eigenvalue weighted by atomic mass is 32.2. The lowest BCUT2D eigenvalue weighted by molar-refractivity contribution is -0.384. The van der Waals surface area contributed by atoms with Crippen molar-refractivity contribution in [3.8, 4) is 5.75 Å². The summed E-state index contributed by atoms with van der Waals surface area (Å²) < 4.78 is 0. The molecule has 6 nitrogen and oxygen atoms in total. The van der Waals surface area contributed by atoms with E-state index in [1.807, 2.05) is 12.1 Å². The van der Waals surface area contributed by atoms with Gasteiger partial charge in [-0.25, -0.2) is 0 Å². The van der Waals surface area contributed by atoms with Crippen molar-refractivity contribution in [1.82, 2.24) is 0 Å². The van der Waals surface area contributed by atoms with E-state index in [1.165, 1.54) is 30.1 Å². The van der Waals surface area contributed by atoms with Gasteiger partial charge in [-0.1, -0.05) is 18.2 Å². The van der Waals surface area contributed by atoms with Crippen molar-refractivity contribution in [2.24, 2.45) is 4.99 Å². The lowest BCUT2D eigenvalue weighted by Gasteiger charge is -2.01. The van der Waals surface area contributed by atoms with Crippen LogP contribution in [0.1, 0.15) is 10.4 Å². The first-order valence-corrected chi connectivity index (χ1v) is 7.26. The van der Waals surface area contributed by atoms with E-state index < -0.39 is 10.2 Å². The third-order valence-electron chi connectivity index (χ3n) is 3.18. The van der Waals surface area contributed by atoms with Crippen LogP contribution in [0.25, 0.3) is 0 Å². The Bertz CT molecular complexity index is 804. The SMILES string of the molecule is O=C1c2ccccc2SC1C=Nc1ccc([N+](=O)[O-])cc1O. The predicted octanol–water partition coefficient (Wildman–Crippen LogP) is 3.36. The molecule has 3 rings (SSSR count). The third-order valence-corrected chi connectivity index (χ3v) is 4.38. The van der Waals surface area contributed by atoms with Gasteiger partial charge < -0.3 is 5.11 Å². The monoisotopic (exact) mass is 314 g/mol. The Kier molecular flexibility index (Phi) is 3.64. The van der Waals surface area contributed by atoms with Crippen LogP contribution >= 0.6 is 11.8 Å². The number of phenols is 1. The fourth-order valence-electron chi connectivity index (χ4n) is 2.10. The van der Waals surface area contributed by atoms with E-state index in [4.69, 9.17) is 0 Å². The first kappa shape index (κ1) is 14.3. The van der Waals surface area contributed by atoms with E-state index in [1.54, 1.807) is 12.1 Å². The smallest absolute Gasteiger partial charge is 0.273 e. The van der Waals surface area contributed by atoms with Gasteiger partial charge in [-0.3, -0.25) is 19.9 Å². The van der Waals surface area contributed by atoms with Crippen molar-refractivity contribution in [1.29, 1.82) is 0 Å². The van der Waals surface area contributed by atoms with E-state index in [0.717, 1.165) is 11.0 Å². The average Bonchev–Trinajstić information content (AvgIpc) is 2.83. The second-order valence-electron chi connectivity index (χ2n) is 4.61. The molecule has 22 heavy (non-hydrogen) atoms. The molecule has 0 bridgehead atoms. The normalized spacial score (nSPS) is 16.9. The number of nitro benzene ring substituents is 1. The number of carbonyl (C=O) groups excluding carboxylic acids is 1. The number of ketones is 1. The van der Waals surface area contributed by atoms with Gasteiger partial charge >= 0.3 is 0 Å². The zero-order chi connectivity index (χ0) is 15.7. The summed E-state index contributed by atoms with van der Waals surface area (Å²) in [5, 5.41) is 19.9. The van der Waals surface area contributed by atoms with Crippen LogP contribution in [0.5, 0.6) is 5.75 Å². The number of Topliss-reactive ketones (excluding diaryl/α,β-unsaturated/α-hetero) is 1. The Labute approximate surface area is 129 Å². The molecule has 2 aromatic carbocycles. The minimum atomic E-state index is -0.597. The van der Waals surface area contributed by atoms with Gasteiger partial charge in [-0.15, -0.1) is 11.8 Å². The van der Waals surface area contributed by atoms with Crippen LogP contribution in [0, 0.1) is 10.1 Å². The van der Waals surface area contributed by atoms with E-state index >= 15 is 0 Å². The fourth-order valence-corrected chi connectivity index (χ4v) is 3.18. The molecule has 0 amide bonds. The van der Waals surface area contributed by atoms with Gasteiger partial charge in [0.2, 0.25) is 0 Å². The predicted molar refractivity (Wildman–Crippen MR) is 83.3 cm³/mol. The van der Waals surface area contributed by atoms with Crippen molar-refractivity contribution in [3.63, 3.8) is 0 Å². The molecule has 0 radical (unpaired) electrons. The van der Waals surface area contributed by atoms with E-state index in [9.17, 15) is 20.0 Å². The Balaban J connectivity index is 1.81. The molecule has 1 N–H and O–H groups in total. The maximum Gasteiger partial charge on any atom is 0.273 e. The number of hydrogen-bond donors (Lipinski definition) is 1. The molecule has 110 valence electrons. The molecule has 0 aliphatic carbocycles. The molecule has 1 aliphatic rings. The molecule has 0 spiro atoms. The van der Waals surface area contributed by atoms with Crippen molar-refractivity contribution >= 4 is 35.1 Å². The van der Waals surface area contributed by atoms with Gasteiger partial charge in [0.1, 0.15) is 16.7 Å². The van der Waals surface area contributed by atoms with Gasteiger partial charge in [0, 0.05) is 22.7 Å².